The van der Waals surface area contributed by atoms with Crippen LogP contribution in [0, 0.1) is 6.92 Å². The van der Waals surface area contributed by atoms with E-state index in [1.807, 2.05) is 29.7 Å². The molecule has 0 aliphatic rings. The van der Waals surface area contributed by atoms with Gasteiger partial charge in [-0.15, -0.1) is 0 Å². The molecule has 2 rings (SSSR count). The molecule has 0 aliphatic heterocycles. The maximum Gasteiger partial charge on any atom is 0.337 e. The lowest BCUT2D eigenvalue weighted by Gasteiger charge is -2.05. The fourth-order valence-electron chi connectivity index (χ4n) is 2.14. The summed E-state index contributed by atoms with van der Waals surface area (Å²) < 4.78 is 1.91. The summed E-state index contributed by atoms with van der Waals surface area (Å²) in [6.45, 7) is 2.70. The highest BCUT2D eigenvalue weighted by molar-refractivity contribution is 6.04. The van der Waals surface area contributed by atoms with Gasteiger partial charge in [-0.25, -0.2) is 4.79 Å². The molecule has 2 aromatic rings. The van der Waals surface area contributed by atoms with Gasteiger partial charge in [0, 0.05) is 24.7 Å². The Morgan fingerprint density at radius 2 is 2.18 bits per heavy atom. The summed E-state index contributed by atoms with van der Waals surface area (Å²) >= 11 is 0. The van der Waals surface area contributed by atoms with Crippen molar-refractivity contribution in [1.29, 1.82) is 0 Å². The first-order valence-electron chi connectivity index (χ1n) is 5.57. The molecule has 1 aromatic heterocycles. The molecule has 90 valence electrons. The van der Waals surface area contributed by atoms with Crippen molar-refractivity contribution < 1.29 is 15.0 Å². The third-order valence-electron chi connectivity index (χ3n) is 2.89. The molecule has 0 amide bonds. The molecule has 0 spiro atoms. The van der Waals surface area contributed by atoms with E-state index in [-0.39, 0.29) is 6.61 Å². The monoisotopic (exact) mass is 233 g/mol. The molecule has 0 aliphatic carbocycles. The summed E-state index contributed by atoms with van der Waals surface area (Å²) in [5.74, 6) is -0.914. The van der Waals surface area contributed by atoms with Gasteiger partial charge in [0.05, 0.1) is 11.1 Å². The van der Waals surface area contributed by atoms with Gasteiger partial charge in [-0.2, -0.15) is 0 Å². The minimum Gasteiger partial charge on any atom is -0.478 e. The van der Waals surface area contributed by atoms with E-state index in [0.29, 0.717) is 18.5 Å². The summed E-state index contributed by atoms with van der Waals surface area (Å²) in [5, 5.41) is 18.8. The SMILES string of the molecule is Cc1cccc2c(C(=O)O)cn(CCCO)c12. The zero-order valence-electron chi connectivity index (χ0n) is 9.68. The fourth-order valence-corrected chi connectivity index (χ4v) is 2.14. The standard InChI is InChI=1S/C13H15NO3/c1-9-4-2-5-10-11(13(16)17)8-14(12(9)10)6-3-7-15/h2,4-5,8,15H,3,6-7H2,1H3,(H,16,17). The molecule has 2 N–H and O–H groups in total. The fraction of sp³-hybridized carbons (Fsp3) is 0.308. The van der Waals surface area contributed by atoms with Crippen LogP contribution in [0.1, 0.15) is 22.3 Å². The summed E-state index contributed by atoms with van der Waals surface area (Å²) in [6.07, 6.45) is 2.27. The average Bonchev–Trinajstić information content (AvgIpc) is 2.67. The van der Waals surface area contributed by atoms with Gasteiger partial charge in [0.1, 0.15) is 0 Å². The first kappa shape index (κ1) is 11.7. The smallest absolute Gasteiger partial charge is 0.337 e. The highest BCUT2D eigenvalue weighted by Gasteiger charge is 2.14. The van der Waals surface area contributed by atoms with Crippen LogP contribution in [0.5, 0.6) is 0 Å². The number of carbonyl (C=O) groups is 1. The Hall–Kier alpha value is -1.81. The van der Waals surface area contributed by atoms with E-state index in [9.17, 15) is 4.79 Å². The van der Waals surface area contributed by atoms with Crippen LogP contribution in [0.3, 0.4) is 0 Å². The van der Waals surface area contributed by atoms with Gasteiger partial charge in [-0.05, 0) is 18.9 Å². The van der Waals surface area contributed by atoms with Crippen molar-refractivity contribution in [1.82, 2.24) is 4.57 Å². The molecule has 0 radical (unpaired) electrons. The predicted octanol–water partition coefficient (Wildman–Crippen LogP) is 2.03. The van der Waals surface area contributed by atoms with Crippen molar-refractivity contribution in [2.24, 2.45) is 0 Å². The molecule has 0 fully saturated rings. The van der Waals surface area contributed by atoms with E-state index < -0.39 is 5.97 Å². The van der Waals surface area contributed by atoms with Crippen molar-refractivity contribution in [2.75, 3.05) is 6.61 Å². The second-order valence-corrected chi connectivity index (χ2v) is 4.09. The third kappa shape index (κ3) is 2.03. The van der Waals surface area contributed by atoms with Gasteiger partial charge in [-0.3, -0.25) is 0 Å². The Labute approximate surface area is 99.1 Å². The molecule has 4 heteroatoms. The van der Waals surface area contributed by atoms with Crippen LogP contribution < -0.4 is 0 Å². The van der Waals surface area contributed by atoms with E-state index in [4.69, 9.17) is 10.2 Å². The van der Waals surface area contributed by atoms with Crippen LogP contribution in [-0.4, -0.2) is 27.4 Å². The number of fused-ring (bicyclic) bond motifs is 1. The van der Waals surface area contributed by atoms with Crippen molar-refractivity contribution in [2.45, 2.75) is 19.9 Å². The molecule has 1 heterocycles. The van der Waals surface area contributed by atoms with Gasteiger partial charge in [0.15, 0.2) is 0 Å². The maximum atomic E-state index is 11.2. The van der Waals surface area contributed by atoms with E-state index >= 15 is 0 Å². The molecule has 0 atom stereocenters. The lowest BCUT2D eigenvalue weighted by atomic mass is 10.1. The lowest BCUT2D eigenvalue weighted by molar-refractivity contribution is 0.0699. The Kier molecular flexibility index (Phi) is 3.15. The zero-order chi connectivity index (χ0) is 12.4. The Morgan fingerprint density at radius 1 is 1.41 bits per heavy atom. The number of aromatic carboxylic acids is 1. The minimum absolute atomic E-state index is 0.105. The van der Waals surface area contributed by atoms with Crippen LogP contribution >= 0.6 is 0 Å². The largest absolute Gasteiger partial charge is 0.478 e. The van der Waals surface area contributed by atoms with Crippen LogP contribution in [0.2, 0.25) is 0 Å². The number of aryl methyl sites for hydroxylation is 2. The van der Waals surface area contributed by atoms with Gasteiger partial charge in [0.2, 0.25) is 0 Å². The van der Waals surface area contributed by atoms with E-state index in [0.717, 1.165) is 16.5 Å². The third-order valence-corrected chi connectivity index (χ3v) is 2.89. The summed E-state index contributed by atoms with van der Waals surface area (Å²) in [7, 11) is 0. The number of carboxylic acids is 1. The van der Waals surface area contributed by atoms with Gasteiger partial charge in [0.25, 0.3) is 0 Å². The molecule has 0 saturated heterocycles. The van der Waals surface area contributed by atoms with E-state index in [2.05, 4.69) is 0 Å². The molecule has 0 unspecified atom stereocenters. The number of hydrogen-bond acceptors (Lipinski definition) is 2. The normalized spacial score (nSPS) is 10.9. The van der Waals surface area contributed by atoms with Crippen molar-refractivity contribution in [3.63, 3.8) is 0 Å². The Balaban J connectivity index is 2.63. The number of rotatable bonds is 4. The molecule has 0 saturated carbocycles. The Morgan fingerprint density at radius 3 is 2.82 bits per heavy atom. The summed E-state index contributed by atoms with van der Waals surface area (Å²) in [5.41, 5.74) is 2.31. The molecular formula is C13H15NO3. The molecular weight excluding hydrogens is 218 g/mol. The number of aliphatic hydroxyl groups excluding tert-OH is 1. The molecule has 1 aromatic carbocycles. The van der Waals surface area contributed by atoms with Crippen molar-refractivity contribution >= 4 is 16.9 Å². The van der Waals surface area contributed by atoms with Gasteiger partial charge in [-0.1, -0.05) is 18.2 Å². The number of benzene rings is 1. The van der Waals surface area contributed by atoms with E-state index in [1.165, 1.54) is 0 Å². The second-order valence-electron chi connectivity index (χ2n) is 4.09. The molecule has 17 heavy (non-hydrogen) atoms. The Bertz CT molecular complexity index is 557. The number of aliphatic hydroxyl groups is 1. The van der Waals surface area contributed by atoms with Crippen LogP contribution in [0.4, 0.5) is 0 Å². The van der Waals surface area contributed by atoms with Crippen molar-refractivity contribution in [3.05, 3.63) is 35.5 Å². The number of hydrogen-bond donors (Lipinski definition) is 2. The first-order valence-corrected chi connectivity index (χ1v) is 5.57. The van der Waals surface area contributed by atoms with Crippen molar-refractivity contribution in [3.8, 4) is 0 Å². The van der Waals surface area contributed by atoms with Gasteiger partial charge < -0.3 is 14.8 Å². The quantitative estimate of drug-likeness (QED) is 0.849. The minimum atomic E-state index is -0.914. The van der Waals surface area contributed by atoms with Crippen LogP contribution in [0.25, 0.3) is 10.9 Å². The highest BCUT2D eigenvalue weighted by Crippen LogP contribution is 2.24. The number of nitrogens with zero attached hydrogens (tertiary/aromatic N) is 1. The van der Waals surface area contributed by atoms with E-state index in [1.54, 1.807) is 6.20 Å². The lowest BCUT2D eigenvalue weighted by Crippen LogP contribution is -1.99. The molecule has 0 bridgehead atoms. The highest BCUT2D eigenvalue weighted by atomic mass is 16.4. The number of aromatic nitrogens is 1. The summed E-state index contributed by atoms with van der Waals surface area (Å²) in [4.78, 5) is 11.2. The van der Waals surface area contributed by atoms with Gasteiger partial charge >= 0.3 is 5.97 Å². The first-order chi connectivity index (χ1) is 8.15. The summed E-state index contributed by atoms with van der Waals surface area (Å²) in [6, 6.07) is 5.64. The predicted molar refractivity (Wildman–Crippen MR) is 65.3 cm³/mol. The maximum absolute atomic E-state index is 11.2. The van der Waals surface area contributed by atoms with Crippen LogP contribution in [-0.2, 0) is 6.54 Å². The second kappa shape index (κ2) is 4.59. The topological polar surface area (TPSA) is 62.5 Å². The number of para-hydroxylation sites is 1. The zero-order valence-corrected chi connectivity index (χ0v) is 9.68. The molecule has 4 nitrogen and oxygen atoms in total. The van der Waals surface area contributed by atoms with Crippen LogP contribution in [0.15, 0.2) is 24.4 Å². The average molecular weight is 233 g/mol. The number of carboxylic acid groups (broad SMARTS) is 1.